The second-order valence-corrected chi connectivity index (χ2v) is 7.25. The number of aromatic nitrogens is 3. The topological polar surface area (TPSA) is 135 Å². The average Bonchev–Trinajstić information content (AvgIpc) is 2.73. The zero-order valence-electron chi connectivity index (χ0n) is 17.1. The van der Waals surface area contributed by atoms with Gasteiger partial charge in [0.05, 0.1) is 11.6 Å². The van der Waals surface area contributed by atoms with Crippen LogP contribution in [-0.4, -0.2) is 14.4 Å². The van der Waals surface area contributed by atoms with Crippen molar-refractivity contribution in [3.8, 4) is 17.2 Å². The Morgan fingerprint density at radius 3 is 2.42 bits per heavy atom. The summed E-state index contributed by atoms with van der Waals surface area (Å²) < 4.78 is 42.8. The Bertz CT molecular complexity index is 1490. The average molecular weight is 451 g/mol. The van der Waals surface area contributed by atoms with E-state index < -0.39 is 29.1 Å². The molecule has 0 spiro atoms. The molecular weight excluding hydrogens is 435 g/mol. The van der Waals surface area contributed by atoms with Crippen molar-refractivity contribution in [3.05, 3.63) is 81.5 Å². The summed E-state index contributed by atoms with van der Waals surface area (Å²) in [5.41, 5.74) is 11.2. The smallest absolute Gasteiger partial charge is 0.263 e. The van der Waals surface area contributed by atoms with Crippen LogP contribution in [0.15, 0.2) is 47.4 Å². The van der Waals surface area contributed by atoms with Crippen LogP contribution in [0, 0.1) is 28.8 Å². The Balaban J connectivity index is 1.96. The number of nitrogen functional groups attached to an aromatic ring is 2. The molecule has 0 saturated heterocycles. The highest BCUT2D eigenvalue weighted by Crippen LogP contribution is 2.31. The molecule has 0 aliphatic heterocycles. The highest BCUT2D eigenvalue weighted by Gasteiger charge is 2.21. The van der Waals surface area contributed by atoms with Gasteiger partial charge in [0.1, 0.15) is 34.9 Å². The molecule has 4 aromatic rings. The summed E-state index contributed by atoms with van der Waals surface area (Å²) in [7, 11) is 0. The molecule has 0 bridgehead atoms. The number of pyridine rings is 2. The van der Waals surface area contributed by atoms with Crippen molar-refractivity contribution in [1.82, 2.24) is 14.4 Å². The summed E-state index contributed by atoms with van der Waals surface area (Å²) in [4.78, 5) is 21.1. The van der Waals surface area contributed by atoms with Crippen LogP contribution in [0.1, 0.15) is 24.1 Å². The van der Waals surface area contributed by atoms with Crippen molar-refractivity contribution in [1.29, 1.82) is 5.26 Å². The van der Waals surface area contributed by atoms with Crippen molar-refractivity contribution in [3.63, 3.8) is 0 Å². The highest BCUT2D eigenvalue weighted by molar-refractivity contribution is 5.72. The standard InChI is InChI=1S/C22H16F3N7O/c1-10(29-20-17(8-26)19(27)30-22(28)31-20)16-7-15-3-2-12(23)9-32(15)21(33)18(16)11-4-13(24)6-14(25)5-11/h2-7,9-10H,1H3,(H5,27,28,29,30,31). The lowest BCUT2D eigenvalue weighted by Gasteiger charge is -2.20. The van der Waals surface area contributed by atoms with Crippen LogP contribution >= 0.6 is 0 Å². The highest BCUT2D eigenvalue weighted by atomic mass is 19.1. The fourth-order valence-electron chi connectivity index (χ4n) is 3.58. The number of nitriles is 1. The minimum absolute atomic E-state index is 0.0191. The second kappa shape index (κ2) is 8.16. The first kappa shape index (κ1) is 21.6. The lowest BCUT2D eigenvalue weighted by molar-refractivity contribution is 0.584. The first-order chi connectivity index (χ1) is 15.7. The van der Waals surface area contributed by atoms with E-state index in [4.69, 9.17) is 11.5 Å². The Hall–Kier alpha value is -4.59. The Morgan fingerprint density at radius 1 is 1.06 bits per heavy atom. The molecule has 1 unspecified atom stereocenters. The maximum absolute atomic E-state index is 14.0. The van der Waals surface area contributed by atoms with Crippen molar-refractivity contribution < 1.29 is 13.2 Å². The molecule has 0 fully saturated rings. The van der Waals surface area contributed by atoms with Crippen molar-refractivity contribution >= 4 is 23.1 Å². The van der Waals surface area contributed by atoms with Gasteiger partial charge in [0.15, 0.2) is 5.82 Å². The number of hydrogen-bond acceptors (Lipinski definition) is 7. The van der Waals surface area contributed by atoms with E-state index >= 15 is 0 Å². The lowest BCUT2D eigenvalue weighted by Crippen LogP contribution is -2.22. The second-order valence-electron chi connectivity index (χ2n) is 7.25. The molecule has 4 rings (SSSR count). The van der Waals surface area contributed by atoms with Crippen molar-refractivity contribution in [2.45, 2.75) is 13.0 Å². The van der Waals surface area contributed by atoms with Gasteiger partial charge in [0.25, 0.3) is 5.56 Å². The van der Waals surface area contributed by atoms with Crippen LogP contribution in [0.25, 0.3) is 16.6 Å². The number of fused-ring (bicyclic) bond motifs is 1. The van der Waals surface area contributed by atoms with Gasteiger partial charge in [-0.2, -0.15) is 15.2 Å². The summed E-state index contributed by atoms with van der Waals surface area (Å²) in [5, 5.41) is 12.4. The molecule has 166 valence electrons. The van der Waals surface area contributed by atoms with Gasteiger partial charge in [-0.05, 0) is 48.4 Å². The first-order valence-electron chi connectivity index (χ1n) is 9.59. The summed E-state index contributed by atoms with van der Waals surface area (Å²) in [6, 6.07) is 7.97. The van der Waals surface area contributed by atoms with Gasteiger partial charge < -0.3 is 16.8 Å². The molecule has 11 heteroatoms. The number of benzene rings is 1. The molecule has 0 radical (unpaired) electrons. The van der Waals surface area contributed by atoms with Crippen LogP contribution in [-0.2, 0) is 0 Å². The molecular formula is C22H16F3N7O. The molecule has 1 aromatic carbocycles. The normalized spacial score (nSPS) is 11.8. The van der Waals surface area contributed by atoms with Gasteiger partial charge in [-0.25, -0.2) is 13.2 Å². The Morgan fingerprint density at radius 2 is 1.76 bits per heavy atom. The van der Waals surface area contributed by atoms with E-state index in [0.29, 0.717) is 17.1 Å². The fraction of sp³-hybridized carbons (Fsp3) is 0.0909. The molecule has 8 nitrogen and oxygen atoms in total. The van der Waals surface area contributed by atoms with E-state index in [9.17, 15) is 23.2 Å². The van der Waals surface area contributed by atoms with Gasteiger partial charge in [0, 0.05) is 17.8 Å². The number of nitrogens with zero attached hydrogens (tertiary/aromatic N) is 4. The number of nitrogens with one attached hydrogen (secondary N) is 1. The monoisotopic (exact) mass is 451 g/mol. The third-order valence-corrected chi connectivity index (χ3v) is 5.01. The predicted molar refractivity (Wildman–Crippen MR) is 117 cm³/mol. The molecule has 0 amide bonds. The maximum Gasteiger partial charge on any atom is 0.263 e. The van der Waals surface area contributed by atoms with Crippen LogP contribution in [0.3, 0.4) is 0 Å². The van der Waals surface area contributed by atoms with E-state index in [1.54, 1.807) is 13.0 Å². The van der Waals surface area contributed by atoms with E-state index in [2.05, 4.69) is 15.3 Å². The van der Waals surface area contributed by atoms with Crippen LogP contribution in [0.2, 0.25) is 0 Å². The largest absolute Gasteiger partial charge is 0.382 e. The molecule has 1 atom stereocenters. The van der Waals surface area contributed by atoms with Crippen molar-refractivity contribution in [2.24, 2.45) is 0 Å². The Labute approximate surface area is 184 Å². The number of halogens is 3. The lowest BCUT2D eigenvalue weighted by atomic mass is 9.96. The number of nitrogens with two attached hydrogens (primary N) is 2. The molecule has 0 saturated carbocycles. The number of rotatable bonds is 4. The minimum Gasteiger partial charge on any atom is -0.382 e. The van der Waals surface area contributed by atoms with E-state index in [0.717, 1.165) is 22.7 Å². The van der Waals surface area contributed by atoms with Crippen molar-refractivity contribution in [2.75, 3.05) is 16.8 Å². The zero-order chi connectivity index (χ0) is 23.9. The number of anilines is 3. The van der Waals surface area contributed by atoms with Gasteiger partial charge in [-0.3, -0.25) is 9.20 Å². The van der Waals surface area contributed by atoms with Crippen LogP contribution in [0.5, 0.6) is 0 Å². The molecule has 0 aliphatic carbocycles. The van der Waals surface area contributed by atoms with Gasteiger partial charge in [-0.15, -0.1) is 0 Å². The molecule has 3 aromatic heterocycles. The van der Waals surface area contributed by atoms with Gasteiger partial charge in [-0.1, -0.05) is 0 Å². The molecule has 0 aliphatic rings. The van der Waals surface area contributed by atoms with Gasteiger partial charge >= 0.3 is 0 Å². The van der Waals surface area contributed by atoms with E-state index in [-0.39, 0.29) is 34.3 Å². The summed E-state index contributed by atoms with van der Waals surface area (Å²) in [6.45, 7) is 1.64. The van der Waals surface area contributed by atoms with Crippen LogP contribution < -0.4 is 22.3 Å². The zero-order valence-corrected chi connectivity index (χ0v) is 17.1. The van der Waals surface area contributed by atoms with E-state index in [1.165, 1.54) is 12.1 Å². The summed E-state index contributed by atoms with van der Waals surface area (Å²) >= 11 is 0. The quantitative estimate of drug-likeness (QED) is 0.433. The summed E-state index contributed by atoms with van der Waals surface area (Å²) in [5.74, 6) is -2.73. The molecule has 5 N–H and O–H groups in total. The SMILES string of the molecule is CC(Nc1nc(N)nc(N)c1C#N)c1cc2ccc(F)cn2c(=O)c1-c1cc(F)cc(F)c1. The number of hydrogen-bond donors (Lipinski definition) is 3. The summed E-state index contributed by atoms with van der Waals surface area (Å²) in [6.07, 6.45) is 0.984. The third-order valence-electron chi connectivity index (χ3n) is 5.01. The predicted octanol–water partition coefficient (Wildman–Crippen LogP) is 3.38. The first-order valence-corrected chi connectivity index (χ1v) is 9.59. The van der Waals surface area contributed by atoms with Crippen LogP contribution in [0.4, 0.5) is 30.8 Å². The van der Waals surface area contributed by atoms with Gasteiger partial charge in [0.2, 0.25) is 5.95 Å². The molecule has 3 heterocycles. The minimum atomic E-state index is -0.886. The van der Waals surface area contributed by atoms with E-state index in [1.807, 2.05) is 6.07 Å². The Kier molecular flexibility index (Phi) is 5.35. The molecule has 33 heavy (non-hydrogen) atoms. The fourth-order valence-corrected chi connectivity index (χ4v) is 3.58. The maximum atomic E-state index is 14.0. The third kappa shape index (κ3) is 4.01.